The van der Waals surface area contributed by atoms with Gasteiger partial charge in [-0.2, -0.15) is 0 Å². The van der Waals surface area contributed by atoms with Crippen LogP contribution in [-0.2, 0) is 4.79 Å². The number of fused-ring (bicyclic) bond motifs is 1. The molecule has 1 aromatic heterocycles. The zero-order valence-corrected chi connectivity index (χ0v) is 19.5. The molecule has 4 aromatic rings. The molecule has 6 heteroatoms. The molecule has 34 heavy (non-hydrogen) atoms. The van der Waals surface area contributed by atoms with E-state index in [0.717, 1.165) is 28.8 Å². The number of ether oxygens (including phenoxy) is 1. The number of nitrogens with zero attached hydrogens (tertiary/aromatic N) is 4. The van der Waals surface area contributed by atoms with Crippen LogP contribution < -0.4 is 9.64 Å². The molecule has 0 bridgehead atoms. The van der Waals surface area contributed by atoms with E-state index < -0.39 is 0 Å². The second-order valence-corrected chi connectivity index (χ2v) is 8.78. The number of para-hydroxylation sites is 2. The first-order valence-corrected chi connectivity index (χ1v) is 11.6. The van der Waals surface area contributed by atoms with Crippen molar-refractivity contribution in [3.05, 3.63) is 84.6 Å². The number of piperazine rings is 1. The average molecular weight is 453 g/mol. The van der Waals surface area contributed by atoms with Crippen LogP contribution in [0, 0.1) is 6.92 Å². The smallest absolute Gasteiger partial charge is 0.260 e. The topological polar surface area (TPSA) is 58.6 Å². The maximum absolute atomic E-state index is 12.8. The van der Waals surface area contributed by atoms with Crippen molar-refractivity contribution < 1.29 is 9.53 Å². The Morgan fingerprint density at radius 1 is 1.00 bits per heavy atom. The van der Waals surface area contributed by atoms with Gasteiger partial charge in [-0.25, -0.2) is 4.98 Å². The maximum Gasteiger partial charge on any atom is 0.260 e. The molecule has 172 valence electrons. The van der Waals surface area contributed by atoms with Crippen molar-refractivity contribution in [2.75, 3.05) is 31.1 Å². The molecule has 1 fully saturated rings. The van der Waals surface area contributed by atoms with E-state index in [1.807, 2.05) is 53.4 Å². The molecule has 1 atom stereocenters. The first kappa shape index (κ1) is 21.9. The molecule has 1 aliphatic heterocycles. The summed E-state index contributed by atoms with van der Waals surface area (Å²) >= 11 is 0. The van der Waals surface area contributed by atoms with E-state index in [4.69, 9.17) is 4.74 Å². The van der Waals surface area contributed by atoms with Gasteiger partial charge in [-0.1, -0.05) is 24.3 Å². The van der Waals surface area contributed by atoms with Gasteiger partial charge < -0.3 is 14.5 Å². The third kappa shape index (κ3) is 4.71. The fourth-order valence-electron chi connectivity index (χ4n) is 4.43. The molecule has 0 spiro atoms. The van der Waals surface area contributed by atoms with Crippen LogP contribution in [0.15, 0.2) is 79.0 Å². The molecular formula is C28H28N4O2. The Kier molecular flexibility index (Phi) is 6.12. The molecule has 1 amide bonds. The van der Waals surface area contributed by atoms with E-state index in [9.17, 15) is 4.79 Å². The quantitative estimate of drug-likeness (QED) is 0.439. The molecule has 0 aliphatic carbocycles. The van der Waals surface area contributed by atoms with Gasteiger partial charge in [0.05, 0.1) is 22.9 Å². The summed E-state index contributed by atoms with van der Waals surface area (Å²) in [4.78, 5) is 26.2. The van der Waals surface area contributed by atoms with Crippen molar-refractivity contribution in [2.24, 2.45) is 0 Å². The van der Waals surface area contributed by atoms with Gasteiger partial charge in [0, 0.05) is 36.9 Å². The van der Waals surface area contributed by atoms with Crippen molar-refractivity contribution in [3.8, 4) is 17.0 Å². The standard InChI is InChI=1S/C28H28N4O2/c1-20-6-5-7-23(16-20)32-15-14-31(18-21(32)2)28(33)19-34-24-12-10-22(11-13-24)27-17-29-25-8-3-4-9-26(25)30-27/h3-13,16-17,21H,14-15,18-19H2,1-2H3/t21-/m0/s1. The van der Waals surface area contributed by atoms with Crippen LogP contribution in [-0.4, -0.2) is 53.1 Å². The summed E-state index contributed by atoms with van der Waals surface area (Å²) in [5, 5.41) is 0. The van der Waals surface area contributed by atoms with Crippen LogP contribution in [0.4, 0.5) is 5.69 Å². The Morgan fingerprint density at radius 3 is 2.56 bits per heavy atom. The van der Waals surface area contributed by atoms with Gasteiger partial charge in [0.25, 0.3) is 5.91 Å². The number of hydrogen-bond donors (Lipinski definition) is 0. The first-order valence-electron chi connectivity index (χ1n) is 11.6. The molecule has 1 saturated heterocycles. The van der Waals surface area contributed by atoms with Gasteiger partial charge in [-0.3, -0.25) is 9.78 Å². The molecule has 2 heterocycles. The molecule has 0 saturated carbocycles. The number of rotatable bonds is 5. The van der Waals surface area contributed by atoms with Gasteiger partial charge in [0.1, 0.15) is 5.75 Å². The number of carbonyl (C=O) groups excluding carboxylic acids is 1. The van der Waals surface area contributed by atoms with Crippen molar-refractivity contribution in [1.29, 1.82) is 0 Å². The zero-order chi connectivity index (χ0) is 23.5. The summed E-state index contributed by atoms with van der Waals surface area (Å²) in [6, 6.07) is 24.2. The largest absolute Gasteiger partial charge is 0.484 e. The van der Waals surface area contributed by atoms with Crippen LogP contribution in [0.3, 0.4) is 0 Å². The van der Waals surface area contributed by atoms with Gasteiger partial charge in [0.2, 0.25) is 0 Å². The zero-order valence-electron chi connectivity index (χ0n) is 19.5. The lowest BCUT2D eigenvalue weighted by molar-refractivity contribution is -0.134. The summed E-state index contributed by atoms with van der Waals surface area (Å²) in [6.45, 7) is 6.50. The van der Waals surface area contributed by atoms with Crippen molar-refractivity contribution in [3.63, 3.8) is 0 Å². The molecule has 0 N–H and O–H groups in total. The van der Waals surface area contributed by atoms with Gasteiger partial charge in [-0.05, 0) is 67.9 Å². The van der Waals surface area contributed by atoms with Crippen LogP contribution in [0.25, 0.3) is 22.3 Å². The Bertz CT molecular complexity index is 1310. The summed E-state index contributed by atoms with van der Waals surface area (Å²) in [5.74, 6) is 0.678. The third-order valence-electron chi connectivity index (χ3n) is 6.27. The van der Waals surface area contributed by atoms with E-state index in [1.165, 1.54) is 11.3 Å². The van der Waals surface area contributed by atoms with E-state index in [-0.39, 0.29) is 18.6 Å². The van der Waals surface area contributed by atoms with Crippen molar-refractivity contribution in [2.45, 2.75) is 19.9 Å². The normalized spacial score (nSPS) is 16.0. The second kappa shape index (κ2) is 9.51. The Morgan fingerprint density at radius 2 is 1.79 bits per heavy atom. The molecule has 6 nitrogen and oxygen atoms in total. The summed E-state index contributed by atoms with van der Waals surface area (Å²) in [5.41, 5.74) is 5.96. The maximum atomic E-state index is 12.8. The SMILES string of the molecule is Cc1cccc(N2CCN(C(=O)COc3ccc(-c4cnc5ccccc5n4)cc3)C[C@@H]2C)c1. The molecule has 0 unspecified atom stereocenters. The summed E-state index contributed by atoms with van der Waals surface area (Å²) in [6.07, 6.45) is 1.78. The number of anilines is 1. The number of hydrogen-bond acceptors (Lipinski definition) is 5. The van der Waals surface area contributed by atoms with E-state index in [2.05, 4.69) is 53.0 Å². The predicted octanol–water partition coefficient (Wildman–Crippen LogP) is 4.72. The van der Waals surface area contributed by atoms with Crippen LogP contribution in [0.5, 0.6) is 5.75 Å². The second-order valence-electron chi connectivity index (χ2n) is 8.78. The Labute approximate surface area is 199 Å². The highest BCUT2D eigenvalue weighted by Crippen LogP contribution is 2.23. The number of benzene rings is 3. The fraction of sp³-hybridized carbons (Fsp3) is 0.250. The van der Waals surface area contributed by atoms with Crippen LogP contribution in [0.1, 0.15) is 12.5 Å². The highest BCUT2D eigenvalue weighted by Gasteiger charge is 2.27. The number of carbonyl (C=O) groups is 1. The predicted molar refractivity (Wildman–Crippen MR) is 135 cm³/mol. The van der Waals surface area contributed by atoms with Crippen molar-refractivity contribution >= 4 is 22.6 Å². The molecule has 5 rings (SSSR count). The van der Waals surface area contributed by atoms with Gasteiger partial charge in [-0.15, -0.1) is 0 Å². The summed E-state index contributed by atoms with van der Waals surface area (Å²) < 4.78 is 5.80. The monoisotopic (exact) mass is 452 g/mol. The average Bonchev–Trinajstić information content (AvgIpc) is 2.87. The minimum absolute atomic E-state index is 0.0141. The van der Waals surface area contributed by atoms with E-state index >= 15 is 0 Å². The van der Waals surface area contributed by atoms with E-state index in [0.29, 0.717) is 18.8 Å². The minimum Gasteiger partial charge on any atom is -0.484 e. The third-order valence-corrected chi connectivity index (χ3v) is 6.27. The lowest BCUT2D eigenvalue weighted by atomic mass is 10.1. The van der Waals surface area contributed by atoms with Crippen LogP contribution in [0.2, 0.25) is 0 Å². The number of amides is 1. The molecule has 0 radical (unpaired) electrons. The highest BCUT2D eigenvalue weighted by molar-refractivity contribution is 5.78. The Hall–Kier alpha value is -3.93. The van der Waals surface area contributed by atoms with E-state index in [1.54, 1.807) is 6.20 Å². The molecule has 3 aromatic carbocycles. The fourth-order valence-corrected chi connectivity index (χ4v) is 4.43. The minimum atomic E-state index is 0.0141. The lowest BCUT2D eigenvalue weighted by Crippen LogP contribution is -2.54. The van der Waals surface area contributed by atoms with Gasteiger partial charge >= 0.3 is 0 Å². The lowest BCUT2D eigenvalue weighted by Gasteiger charge is -2.41. The highest BCUT2D eigenvalue weighted by atomic mass is 16.5. The van der Waals surface area contributed by atoms with Crippen LogP contribution >= 0.6 is 0 Å². The number of aryl methyl sites for hydroxylation is 1. The van der Waals surface area contributed by atoms with Crippen molar-refractivity contribution in [1.82, 2.24) is 14.9 Å². The van der Waals surface area contributed by atoms with Gasteiger partial charge in [0.15, 0.2) is 6.61 Å². The number of aromatic nitrogens is 2. The summed E-state index contributed by atoms with van der Waals surface area (Å²) in [7, 11) is 0. The molecular weight excluding hydrogens is 424 g/mol. The Balaban J connectivity index is 1.17. The molecule has 1 aliphatic rings. The first-order chi connectivity index (χ1) is 16.6.